The average molecular weight is 566 g/mol. The lowest BCUT2D eigenvalue weighted by atomic mass is 9.91. The maximum Gasteiger partial charge on any atom is 0.259 e. The molecule has 42 heavy (non-hydrogen) atoms. The molecule has 0 radical (unpaired) electrons. The van der Waals surface area contributed by atoms with Crippen molar-refractivity contribution < 1.29 is 9.84 Å². The fourth-order valence-corrected chi connectivity index (χ4v) is 6.64. The van der Waals surface area contributed by atoms with Crippen LogP contribution in [0.4, 0.5) is 0 Å². The molecule has 8 nitrogen and oxygen atoms in total. The molecular weight excluding hydrogens is 526 g/mol. The van der Waals surface area contributed by atoms with Gasteiger partial charge in [0.15, 0.2) is 0 Å². The van der Waals surface area contributed by atoms with Crippen molar-refractivity contribution in [1.29, 1.82) is 5.26 Å². The van der Waals surface area contributed by atoms with Crippen LogP contribution in [0.3, 0.4) is 0 Å². The second-order valence-electron chi connectivity index (χ2n) is 12.5. The van der Waals surface area contributed by atoms with Crippen molar-refractivity contribution in [2.45, 2.75) is 102 Å². The van der Waals surface area contributed by atoms with Crippen LogP contribution in [0.2, 0.25) is 0 Å². The average Bonchev–Trinajstić information content (AvgIpc) is 3.64. The van der Waals surface area contributed by atoms with E-state index < -0.39 is 11.2 Å². The first-order valence-electron chi connectivity index (χ1n) is 15.2. The number of aliphatic hydroxyl groups is 1. The van der Waals surface area contributed by atoms with E-state index in [1.165, 1.54) is 0 Å². The number of rotatable bonds is 9. The second kappa shape index (κ2) is 11.1. The van der Waals surface area contributed by atoms with Gasteiger partial charge < -0.3 is 9.84 Å². The van der Waals surface area contributed by atoms with Crippen LogP contribution < -0.4 is 5.56 Å². The first-order valence-corrected chi connectivity index (χ1v) is 15.2. The molecule has 0 atom stereocenters. The van der Waals surface area contributed by atoms with Gasteiger partial charge in [-0.05, 0) is 81.5 Å². The molecule has 0 amide bonds. The first kappa shape index (κ1) is 28.3. The molecule has 0 spiro atoms. The van der Waals surface area contributed by atoms with E-state index in [1.54, 1.807) is 6.33 Å². The first-order chi connectivity index (χ1) is 20.2. The number of hydrogen-bond acceptors (Lipinski definition) is 6. The zero-order valence-electron chi connectivity index (χ0n) is 24.7. The van der Waals surface area contributed by atoms with E-state index >= 15 is 0 Å². The minimum absolute atomic E-state index is 0.0115. The number of aromatic nitrogens is 4. The number of benzene rings is 2. The smallest absolute Gasteiger partial charge is 0.259 e. The molecule has 2 aromatic carbocycles. The number of nitrogens with zero attached hydrogens (tertiary/aromatic N) is 5. The molecule has 2 aliphatic rings. The highest BCUT2D eigenvalue weighted by molar-refractivity contribution is 5.70. The Balaban J connectivity index is 1.29. The molecule has 0 aliphatic heterocycles. The van der Waals surface area contributed by atoms with Gasteiger partial charge in [0.25, 0.3) is 5.56 Å². The molecule has 0 unspecified atom stereocenters. The van der Waals surface area contributed by atoms with E-state index in [4.69, 9.17) is 4.74 Å². The number of hydrogen-bond donors (Lipinski definition) is 1. The van der Waals surface area contributed by atoms with E-state index in [1.807, 2.05) is 71.5 Å². The molecule has 2 aliphatic carbocycles. The minimum atomic E-state index is -0.851. The van der Waals surface area contributed by atoms with Crippen LogP contribution in [0.25, 0.3) is 16.9 Å². The molecule has 1 N–H and O–H groups in total. The largest absolute Gasteiger partial charge is 0.387 e. The lowest BCUT2D eigenvalue weighted by molar-refractivity contribution is -0.145. The number of fused-ring (bicyclic) bond motifs is 1. The highest BCUT2D eigenvalue weighted by Crippen LogP contribution is 2.50. The summed E-state index contributed by atoms with van der Waals surface area (Å²) in [5.41, 5.74) is 3.97. The lowest BCUT2D eigenvalue weighted by Crippen LogP contribution is -2.44. The quantitative estimate of drug-likeness (QED) is 0.276. The van der Waals surface area contributed by atoms with Gasteiger partial charge in [0.05, 0.1) is 34.6 Å². The molecular formula is C34H39N5O3. The fourth-order valence-electron chi connectivity index (χ4n) is 6.64. The van der Waals surface area contributed by atoms with E-state index in [-0.39, 0.29) is 17.7 Å². The van der Waals surface area contributed by atoms with Gasteiger partial charge in [-0.15, -0.1) is 0 Å². The van der Waals surface area contributed by atoms with Crippen molar-refractivity contribution in [3.63, 3.8) is 0 Å². The molecule has 2 aromatic heterocycles. The van der Waals surface area contributed by atoms with Gasteiger partial charge in [-0.3, -0.25) is 9.36 Å². The van der Waals surface area contributed by atoms with Crippen LogP contribution in [-0.4, -0.2) is 41.6 Å². The standard InChI is InChI=1S/C34H39N5O3/c1-4-7-30-29(20-23-10-12-24(13-11-23)28-9-6-5-8-25(28)21-35)31(40)38(32-36-22-37-39(30)32)26-14-16-27(17-15-26)42-34(18-19-34)33(2,3)41/h5-6,8-13,22,26-27,41H,4,7,14-20H2,1-3H3. The maximum atomic E-state index is 14.3. The summed E-state index contributed by atoms with van der Waals surface area (Å²) >= 11 is 0. The zero-order chi connectivity index (χ0) is 29.5. The summed E-state index contributed by atoms with van der Waals surface area (Å²) in [6.07, 6.45) is 8.85. The van der Waals surface area contributed by atoms with Crippen LogP contribution in [0.5, 0.6) is 0 Å². The molecule has 8 heteroatoms. The highest BCUT2D eigenvalue weighted by atomic mass is 16.5. The summed E-state index contributed by atoms with van der Waals surface area (Å²) in [4.78, 5) is 18.8. The molecule has 2 saturated carbocycles. The SMILES string of the molecule is CCCc1c(Cc2ccc(-c3ccccc3C#N)cc2)c(=O)n(C2CCC(OC3(C(C)(C)O)CC3)CC2)c2ncnn12. The topological polar surface area (TPSA) is 105 Å². The van der Waals surface area contributed by atoms with Crippen LogP contribution >= 0.6 is 0 Å². The van der Waals surface area contributed by atoms with Crippen LogP contribution in [0.1, 0.15) is 94.1 Å². The Morgan fingerprint density at radius 3 is 2.45 bits per heavy atom. The van der Waals surface area contributed by atoms with E-state index in [0.29, 0.717) is 17.8 Å². The number of ether oxygens (including phenoxy) is 1. The van der Waals surface area contributed by atoms with Crippen molar-refractivity contribution in [2.24, 2.45) is 0 Å². The summed E-state index contributed by atoms with van der Waals surface area (Å²) < 4.78 is 10.2. The van der Waals surface area contributed by atoms with Crippen LogP contribution in [0, 0.1) is 11.3 Å². The van der Waals surface area contributed by atoms with Gasteiger partial charge in [-0.1, -0.05) is 55.8 Å². The van der Waals surface area contributed by atoms with Gasteiger partial charge >= 0.3 is 0 Å². The number of nitriles is 1. The summed E-state index contributed by atoms with van der Waals surface area (Å²) in [6, 6.07) is 18.0. The van der Waals surface area contributed by atoms with E-state index in [2.05, 4.69) is 23.1 Å². The Labute approximate surface area is 246 Å². The van der Waals surface area contributed by atoms with Gasteiger partial charge in [-0.2, -0.15) is 15.3 Å². The Kier molecular flexibility index (Phi) is 7.50. The second-order valence-corrected chi connectivity index (χ2v) is 12.5. The highest BCUT2D eigenvalue weighted by Gasteiger charge is 2.56. The van der Waals surface area contributed by atoms with Gasteiger partial charge in [0.1, 0.15) is 6.33 Å². The predicted octanol–water partition coefficient (Wildman–Crippen LogP) is 5.78. The van der Waals surface area contributed by atoms with Gasteiger partial charge in [0, 0.05) is 18.0 Å². The summed E-state index contributed by atoms with van der Waals surface area (Å²) in [5.74, 6) is 0.607. The minimum Gasteiger partial charge on any atom is -0.387 e. The lowest BCUT2D eigenvalue weighted by Gasteiger charge is -2.37. The molecule has 2 fully saturated rings. The van der Waals surface area contributed by atoms with Crippen molar-refractivity contribution >= 4 is 5.78 Å². The molecule has 0 bridgehead atoms. The van der Waals surface area contributed by atoms with Crippen molar-refractivity contribution in [3.05, 3.63) is 87.6 Å². The normalized spacial score (nSPS) is 20.0. The zero-order valence-corrected chi connectivity index (χ0v) is 24.7. The Bertz CT molecular complexity index is 1680. The van der Waals surface area contributed by atoms with Crippen molar-refractivity contribution in [3.8, 4) is 17.2 Å². The molecule has 6 rings (SSSR count). The monoisotopic (exact) mass is 565 g/mol. The molecule has 4 aromatic rings. The van der Waals surface area contributed by atoms with Gasteiger partial charge in [-0.25, -0.2) is 4.52 Å². The third-order valence-corrected chi connectivity index (χ3v) is 9.23. The molecule has 0 saturated heterocycles. The maximum absolute atomic E-state index is 14.3. The molecule has 2 heterocycles. The van der Waals surface area contributed by atoms with Gasteiger partial charge in [0.2, 0.25) is 5.78 Å². The van der Waals surface area contributed by atoms with E-state index in [9.17, 15) is 15.2 Å². The fraction of sp³-hybridized carbons (Fsp3) is 0.471. The van der Waals surface area contributed by atoms with Crippen molar-refractivity contribution in [1.82, 2.24) is 19.2 Å². The van der Waals surface area contributed by atoms with E-state index in [0.717, 1.165) is 79.3 Å². The third-order valence-electron chi connectivity index (χ3n) is 9.23. The van der Waals surface area contributed by atoms with Crippen LogP contribution in [-0.2, 0) is 17.6 Å². The van der Waals surface area contributed by atoms with Crippen molar-refractivity contribution in [2.75, 3.05) is 0 Å². The summed E-state index contributed by atoms with van der Waals surface area (Å²) in [7, 11) is 0. The Morgan fingerprint density at radius 1 is 1.10 bits per heavy atom. The molecule has 218 valence electrons. The summed E-state index contributed by atoms with van der Waals surface area (Å²) in [5, 5.41) is 24.7. The predicted molar refractivity (Wildman–Crippen MR) is 161 cm³/mol. The van der Waals surface area contributed by atoms with Crippen LogP contribution in [0.15, 0.2) is 59.7 Å². The summed E-state index contributed by atoms with van der Waals surface area (Å²) in [6.45, 7) is 5.79. The Hall–Kier alpha value is -3.80. The number of aryl methyl sites for hydroxylation is 1. The Morgan fingerprint density at radius 2 is 1.81 bits per heavy atom. The third kappa shape index (κ3) is 5.16.